The van der Waals surface area contributed by atoms with Gasteiger partial charge in [0.25, 0.3) is 0 Å². The molecule has 42 heavy (non-hydrogen) atoms. The van der Waals surface area contributed by atoms with E-state index in [0.717, 1.165) is 32.8 Å². The van der Waals surface area contributed by atoms with Crippen LogP contribution in [0.25, 0.3) is 0 Å². The van der Waals surface area contributed by atoms with Gasteiger partial charge in [-0.3, -0.25) is 14.4 Å². The van der Waals surface area contributed by atoms with Crippen LogP contribution in [0.1, 0.15) is 40.7 Å². The molecular formula is C32H31F3N4O3. The number of carbonyl (C=O) groups excluding carboxylic acids is 3. The second-order valence-electron chi connectivity index (χ2n) is 11.5. The maximum atomic E-state index is 13.9. The van der Waals surface area contributed by atoms with Crippen molar-refractivity contribution in [3.05, 3.63) is 94.5 Å². The highest BCUT2D eigenvalue weighted by Crippen LogP contribution is 2.58. The molecule has 3 N–H and O–H groups in total. The van der Waals surface area contributed by atoms with Crippen LogP contribution < -0.4 is 16.0 Å². The van der Waals surface area contributed by atoms with E-state index in [2.05, 4.69) is 16.0 Å². The van der Waals surface area contributed by atoms with E-state index < -0.39 is 35.4 Å². The summed E-state index contributed by atoms with van der Waals surface area (Å²) in [6.07, 6.45) is -4.25. The van der Waals surface area contributed by atoms with Crippen LogP contribution in [-0.4, -0.2) is 42.4 Å². The lowest BCUT2D eigenvalue weighted by Gasteiger charge is -2.29. The number of anilines is 2. The third-order valence-corrected chi connectivity index (χ3v) is 8.77. The summed E-state index contributed by atoms with van der Waals surface area (Å²) >= 11 is 0. The number of alkyl halides is 3. The van der Waals surface area contributed by atoms with Crippen molar-refractivity contribution in [1.29, 1.82) is 0 Å². The molecule has 10 heteroatoms. The van der Waals surface area contributed by atoms with E-state index in [9.17, 15) is 27.6 Å². The Balaban J connectivity index is 1.21. The van der Waals surface area contributed by atoms with E-state index in [4.69, 9.17) is 0 Å². The molecule has 0 bridgehead atoms. The summed E-state index contributed by atoms with van der Waals surface area (Å²) in [6.45, 7) is -0.182. The Kier molecular flexibility index (Phi) is 6.84. The lowest BCUT2D eigenvalue weighted by molar-refractivity contribution is -0.199. The SMILES string of the molecule is CNCc1ccccc1CN(CC(=O)Nc1ccc2c(c1)CC1(C2)C(=O)Nc2ccccc21)C(=O)C1(C(F)(F)F)CC1. The fraction of sp³-hybridized carbons (Fsp3) is 0.344. The van der Waals surface area contributed by atoms with E-state index in [0.29, 0.717) is 30.6 Å². The third kappa shape index (κ3) is 4.73. The molecule has 1 unspecified atom stereocenters. The number of para-hydroxylation sites is 1. The Morgan fingerprint density at radius 3 is 2.36 bits per heavy atom. The fourth-order valence-electron chi connectivity index (χ4n) is 6.38. The second-order valence-corrected chi connectivity index (χ2v) is 11.5. The number of benzene rings is 3. The normalized spacial score (nSPS) is 19.7. The summed E-state index contributed by atoms with van der Waals surface area (Å²) in [5, 5.41) is 8.78. The molecule has 7 nitrogen and oxygen atoms in total. The number of amides is 3. The number of hydrogen-bond donors (Lipinski definition) is 3. The van der Waals surface area contributed by atoms with Crippen molar-refractivity contribution in [1.82, 2.24) is 10.2 Å². The number of rotatable bonds is 8. The van der Waals surface area contributed by atoms with Crippen molar-refractivity contribution >= 4 is 29.1 Å². The molecule has 3 aromatic rings. The molecule has 0 radical (unpaired) electrons. The van der Waals surface area contributed by atoms with Crippen molar-refractivity contribution in [3.8, 4) is 0 Å². The van der Waals surface area contributed by atoms with Crippen LogP contribution in [0, 0.1) is 5.41 Å². The minimum atomic E-state index is -4.69. The Hall–Kier alpha value is -4.18. The minimum Gasteiger partial charge on any atom is -0.328 e. The molecule has 1 aliphatic heterocycles. The van der Waals surface area contributed by atoms with Gasteiger partial charge in [0.05, 0.1) is 5.41 Å². The number of hydrogen-bond acceptors (Lipinski definition) is 4. The van der Waals surface area contributed by atoms with Gasteiger partial charge in [0, 0.05) is 24.5 Å². The summed E-state index contributed by atoms with van der Waals surface area (Å²) in [5.74, 6) is -1.73. The average molecular weight is 577 g/mol. The molecule has 1 spiro atoms. The first-order valence-corrected chi connectivity index (χ1v) is 14.0. The highest BCUT2D eigenvalue weighted by atomic mass is 19.4. The molecule has 1 atom stereocenters. The highest BCUT2D eigenvalue weighted by molar-refractivity contribution is 6.07. The van der Waals surface area contributed by atoms with E-state index in [-0.39, 0.29) is 25.3 Å². The van der Waals surface area contributed by atoms with Gasteiger partial charge in [-0.05, 0) is 78.7 Å². The predicted molar refractivity (Wildman–Crippen MR) is 152 cm³/mol. The van der Waals surface area contributed by atoms with Gasteiger partial charge in [0.15, 0.2) is 0 Å². The molecule has 6 rings (SSSR count). The molecule has 1 fully saturated rings. The zero-order valence-corrected chi connectivity index (χ0v) is 23.1. The van der Waals surface area contributed by atoms with Gasteiger partial charge >= 0.3 is 6.18 Å². The number of nitrogens with zero attached hydrogens (tertiary/aromatic N) is 1. The first kappa shape index (κ1) is 28.0. The lowest BCUT2D eigenvalue weighted by Crippen LogP contribution is -2.46. The fourth-order valence-corrected chi connectivity index (χ4v) is 6.38. The Labute approximate surface area is 241 Å². The van der Waals surface area contributed by atoms with E-state index in [1.807, 2.05) is 48.5 Å². The molecule has 3 aliphatic rings. The van der Waals surface area contributed by atoms with Crippen molar-refractivity contribution in [2.24, 2.45) is 5.41 Å². The average Bonchev–Trinajstić information content (AvgIpc) is 3.63. The lowest BCUT2D eigenvalue weighted by atomic mass is 9.79. The zero-order chi connectivity index (χ0) is 29.7. The van der Waals surface area contributed by atoms with Gasteiger partial charge in [0.2, 0.25) is 17.7 Å². The third-order valence-electron chi connectivity index (χ3n) is 8.77. The molecule has 0 saturated heterocycles. The van der Waals surface area contributed by atoms with Crippen LogP contribution in [-0.2, 0) is 45.7 Å². The molecule has 1 saturated carbocycles. The van der Waals surface area contributed by atoms with Crippen LogP contribution >= 0.6 is 0 Å². The molecule has 218 valence electrons. The smallest absolute Gasteiger partial charge is 0.328 e. The summed E-state index contributed by atoms with van der Waals surface area (Å²) in [6, 6.07) is 20.2. The zero-order valence-electron chi connectivity index (χ0n) is 23.1. The van der Waals surface area contributed by atoms with Gasteiger partial charge in [0.1, 0.15) is 12.0 Å². The maximum absolute atomic E-state index is 13.9. The number of halogens is 3. The summed E-state index contributed by atoms with van der Waals surface area (Å²) in [4.78, 5) is 40.6. The molecule has 3 aromatic carbocycles. The summed E-state index contributed by atoms with van der Waals surface area (Å²) in [5.41, 5.74) is 2.49. The summed E-state index contributed by atoms with van der Waals surface area (Å²) in [7, 11) is 1.76. The van der Waals surface area contributed by atoms with Gasteiger partial charge in [-0.2, -0.15) is 13.2 Å². The molecule has 1 heterocycles. The van der Waals surface area contributed by atoms with Crippen molar-refractivity contribution in [2.45, 2.75) is 50.4 Å². The molecular weight excluding hydrogens is 545 g/mol. The quantitative estimate of drug-likeness (QED) is 0.363. The minimum absolute atomic E-state index is 0.0585. The maximum Gasteiger partial charge on any atom is 0.403 e. The van der Waals surface area contributed by atoms with E-state index in [1.54, 1.807) is 25.2 Å². The standard InChI is InChI=1S/C32H31F3N4O3/c1-36-17-21-6-2-3-7-22(21)18-39(29(42)31(12-13-31)32(33,34)35)19-27(40)37-24-11-10-20-15-30(16-23(20)14-24)25-8-4-5-9-26(25)38-28(30)41/h2-11,14,36H,12-13,15-19H2,1H3,(H,37,40)(H,38,41). The topological polar surface area (TPSA) is 90.5 Å². The van der Waals surface area contributed by atoms with Crippen LogP contribution in [0.15, 0.2) is 66.7 Å². The number of carbonyl (C=O) groups is 3. The number of fused-ring (bicyclic) bond motifs is 3. The van der Waals surface area contributed by atoms with Crippen LogP contribution in [0.4, 0.5) is 24.5 Å². The van der Waals surface area contributed by atoms with Gasteiger partial charge < -0.3 is 20.9 Å². The van der Waals surface area contributed by atoms with Crippen molar-refractivity contribution < 1.29 is 27.6 Å². The predicted octanol–water partition coefficient (Wildman–Crippen LogP) is 4.70. The van der Waals surface area contributed by atoms with Gasteiger partial charge in [-0.25, -0.2) is 0 Å². The first-order chi connectivity index (χ1) is 20.1. The largest absolute Gasteiger partial charge is 0.403 e. The van der Waals surface area contributed by atoms with E-state index in [1.165, 1.54) is 0 Å². The van der Waals surface area contributed by atoms with Gasteiger partial charge in [-0.15, -0.1) is 0 Å². The molecule has 0 aromatic heterocycles. The van der Waals surface area contributed by atoms with Crippen LogP contribution in [0.3, 0.4) is 0 Å². The Morgan fingerprint density at radius 2 is 1.64 bits per heavy atom. The Bertz CT molecular complexity index is 1580. The molecule has 2 aliphatic carbocycles. The number of nitrogens with one attached hydrogen (secondary N) is 3. The van der Waals surface area contributed by atoms with Crippen molar-refractivity contribution in [3.63, 3.8) is 0 Å². The molecule has 3 amide bonds. The van der Waals surface area contributed by atoms with Crippen LogP contribution in [0.2, 0.25) is 0 Å². The monoisotopic (exact) mass is 576 g/mol. The summed E-state index contributed by atoms with van der Waals surface area (Å²) < 4.78 is 41.7. The Morgan fingerprint density at radius 1 is 0.952 bits per heavy atom. The highest BCUT2D eigenvalue weighted by Gasteiger charge is 2.69. The van der Waals surface area contributed by atoms with E-state index >= 15 is 0 Å². The first-order valence-electron chi connectivity index (χ1n) is 14.0. The second kappa shape index (κ2) is 10.3. The van der Waals surface area contributed by atoms with Crippen molar-refractivity contribution in [2.75, 3.05) is 24.2 Å². The van der Waals surface area contributed by atoms with Gasteiger partial charge in [-0.1, -0.05) is 48.5 Å². The van der Waals surface area contributed by atoms with Crippen LogP contribution in [0.5, 0.6) is 0 Å².